The minimum atomic E-state index is -1.07. The lowest BCUT2D eigenvalue weighted by molar-refractivity contribution is -0.116. The van der Waals surface area contributed by atoms with Crippen molar-refractivity contribution < 1.29 is 19.7 Å². The summed E-state index contributed by atoms with van der Waals surface area (Å²) in [4.78, 5) is 3.94. The second-order valence-corrected chi connectivity index (χ2v) is 5.13. The van der Waals surface area contributed by atoms with Gasteiger partial charge >= 0.3 is 6.01 Å². The van der Waals surface area contributed by atoms with Gasteiger partial charge in [-0.2, -0.15) is 4.98 Å². The van der Waals surface area contributed by atoms with E-state index in [2.05, 4.69) is 4.98 Å². The van der Waals surface area contributed by atoms with Crippen molar-refractivity contribution in [3.05, 3.63) is 17.8 Å². The van der Waals surface area contributed by atoms with Crippen molar-refractivity contribution in [2.24, 2.45) is 0 Å². The predicted octanol–water partition coefficient (Wildman–Crippen LogP) is -0.846. The molecule has 4 atom stereocenters. The molecule has 0 aliphatic carbocycles. The first-order valence-corrected chi connectivity index (χ1v) is 5.70. The Morgan fingerprint density at radius 3 is 2.94 bits per heavy atom. The van der Waals surface area contributed by atoms with Crippen LogP contribution in [0, 0.1) is 5.41 Å². The minimum Gasteiger partial charge on any atom is -0.450 e. The molecular weight excluding hydrogens is 238 g/mol. The fourth-order valence-corrected chi connectivity index (χ4v) is 2.60. The van der Waals surface area contributed by atoms with E-state index in [1.54, 1.807) is 24.6 Å². The standard InChI is InChI=1S/C11H15N3O4/c1-10(5-15)7(16)11(2)8(17-10)14-4-3-6(12)13-9(14)18-11/h3-4,7-8,12,15-16H,5H2,1-2H3/t7-,8+,10+,11?/m0/s1. The molecule has 3 N–H and O–H groups in total. The van der Waals surface area contributed by atoms with Gasteiger partial charge in [0.05, 0.1) is 6.61 Å². The molecule has 3 heterocycles. The van der Waals surface area contributed by atoms with Gasteiger partial charge in [-0.15, -0.1) is 0 Å². The Labute approximate surface area is 103 Å². The first-order valence-electron chi connectivity index (χ1n) is 5.70. The molecule has 0 aromatic carbocycles. The molecule has 0 saturated carbocycles. The van der Waals surface area contributed by atoms with Gasteiger partial charge in [-0.25, -0.2) is 0 Å². The topological polar surface area (TPSA) is 101 Å². The van der Waals surface area contributed by atoms with Crippen LogP contribution < -0.4 is 10.2 Å². The second-order valence-electron chi connectivity index (χ2n) is 5.13. The van der Waals surface area contributed by atoms with Gasteiger partial charge in [0.25, 0.3) is 0 Å². The normalized spacial score (nSPS) is 41.3. The third kappa shape index (κ3) is 1.23. The van der Waals surface area contributed by atoms with E-state index in [9.17, 15) is 10.2 Å². The van der Waals surface area contributed by atoms with Crippen molar-refractivity contribution in [1.29, 1.82) is 5.41 Å². The summed E-state index contributed by atoms with van der Waals surface area (Å²) in [5.74, 6) is 0. The van der Waals surface area contributed by atoms with Crippen molar-refractivity contribution >= 4 is 0 Å². The Morgan fingerprint density at radius 1 is 1.56 bits per heavy atom. The summed E-state index contributed by atoms with van der Waals surface area (Å²) in [7, 11) is 0. The van der Waals surface area contributed by atoms with Crippen LogP contribution in [0.1, 0.15) is 20.1 Å². The average Bonchev–Trinajstić information content (AvgIpc) is 2.70. The van der Waals surface area contributed by atoms with Gasteiger partial charge in [0.1, 0.15) is 11.7 Å². The van der Waals surface area contributed by atoms with Crippen LogP contribution >= 0.6 is 0 Å². The van der Waals surface area contributed by atoms with Gasteiger partial charge < -0.3 is 19.7 Å². The number of hydrogen-bond donors (Lipinski definition) is 3. The summed E-state index contributed by atoms with van der Waals surface area (Å²) in [5, 5.41) is 27.1. The van der Waals surface area contributed by atoms with Crippen LogP contribution in [-0.2, 0) is 4.74 Å². The lowest BCUT2D eigenvalue weighted by Gasteiger charge is -2.29. The van der Waals surface area contributed by atoms with Crippen LogP contribution in [0.5, 0.6) is 6.01 Å². The lowest BCUT2D eigenvalue weighted by Crippen LogP contribution is -2.51. The Bertz CT molecular complexity index is 559. The van der Waals surface area contributed by atoms with Gasteiger partial charge in [0.2, 0.25) is 0 Å². The minimum absolute atomic E-state index is 0.0873. The smallest absolute Gasteiger partial charge is 0.301 e. The van der Waals surface area contributed by atoms with Crippen molar-refractivity contribution in [2.45, 2.75) is 37.4 Å². The molecule has 0 radical (unpaired) electrons. The van der Waals surface area contributed by atoms with E-state index in [-0.39, 0.29) is 18.1 Å². The van der Waals surface area contributed by atoms with Crippen LogP contribution in [0.3, 0.4) is 0 Å². The number of nitrogens with zero attached hydrogens (tertiary/aromatic N) is 2. The van der Waals surface area contributed by atoms with E-state index in [4.69, 9.17) is 14.9 Å². The number of aromatic nitrogens is 2. The Morgan fingerprint density at radius 2 is 2.28 bits per heavy atom. The van der Waals surface area contributed by atoms with Gasteiger partial charge in [0.15, 0.2) is 17.3 Å². The molecule has 1 fully saturated rings. The Kier molecular flexibility index (Phi) is 2.14. The quantitative estimate of drug-likeness (QED) is 0.605. The van der Waals surface area contributed by atoms with E-state index in [1.165, 1.54) is 6.07 Å². The maximum Gasteiger partial charge on any atom is 0.301 e. The molecule has 2 aliphatic rings. The number of aliphatic hydroxyl groups excluding tert-OH is 2. The van der Waals surface area contributed by atoms with Gasteiger partial charge in [-0.1, -0.05) is 0 Å². The maximum absolute atomic E-state index is 10.3. The number of rotatable bonds is 1. The molecule has 1 aromatic heterocycles. The van der Waals surface area contributed by atoms with Crippen molar-refractivity contribution in [3.63, 3.8) is 0 Å². The molecule has 1 aromatic rings. The van der Waals surface area contributed by atoms with Gasteiger partial charge in [-0.3, -0.25) is 9.98 Å². The van der Waals surface area contributed by atoms with Gasteiger partial charge in [-0.05, 0) is 19.9 Å². The van der Waals surface area contributed by atoms with Crippen LogP contribution in [0.15, 0.2) is 12.3 Å². The van der Waals surface area contributed by atoms with Crippen molar-refractivity contribution in [1.82, 2.24) is 9.55 Å². The zero-order valence-corrected chi connectivity index (χ0v) is 10.1. The summed E-state index contributed by atoms with van der Waals surface area (Å²) in [5.41, 5.74) is -1.99. The summed E-state index contributed by atoms with van der Waals surface area (Å²) in [6, 6.07) is 1.76. The molecule has 0 amide bonds. The average molecular weight is 253 g/mol. The highest BCUT2D eigenvalue weighted by Gasteiger charge is 2.65. The number of hydrogen-bond acceptors (Lipinski definition) is 6. The van der Waals surface area contributed by atoms with Crippen molar-refractivity contribution in [3.8, 4) is 6.01 Å². The summed E-state index contributed by atoms with van der Waals surface area (Å²) in [6.45, 7) is 3.04. The Balaban J connectivity index is 2.10. The highest BCUT2D eigenvalue weighted by molar-refractivity contribution is 5.18. The molecule has 98 valence electrons. The third-order valence-electron chi connectivity index (χ3n) is 3.70. The van der Waals surface area contributed by atoms with E-state index < -0.39 is 23.5 Å². The fraction of sp³-hybridized carbons (Fsp3) is 0.636. The molecule has 18 heavy (non-hydrogen) atoms. The second kappa shape index (κ2) is 3.31. The highest BCUT2D eigenvalue weighted by atomic mass is 16.6. The van der Waals surface area contributed by atoms with Gasteiger partial charge in [0, 0.05) is 6.20 Å². The zero-order chi connectivity index (χ0) is 13.1. The first kappa shape index (κ1) is 11.6. The van der Waals surface area contributed by atoms with Crippen LogP contribution in [0.2, 0.25) is 0 Å². The monoisotopic (exact) mass is 253 g/mol. The number of nitrogens with one attached hydrogen (secondary N) is 1. The Hall–Kier alpha value is -1.44. The summed E-state index contributed by atoms with van der Waals surface area (Å²) >= 11 is 0. The predicted molar refractivity (Wildman–Crippen MR) is 58.7 cm³/mol. The van der Waals surface area contributed by atoms with E-state index in [1.807, 2.05) is 0 Å². The molecule has 0 spiro atoms. The molecule has 7 nitrogen and oxygen atoms in total. The molecule has 3 rings (SSSR count). The largest absolute Gasteiger partial charge is 0.450 e. The number of fused-ring (bicyclic) bond motifs is 3. The molecule has 1 unspecified atom stereocenters. The summed E-state index contributed by atoms with van der Waals surface area (Å²) in [6.07, 6.45) is 0.0831. The summed E-state index contributed by atoms with van der Waals surface area (Å²) < 4.78 is 13.0. The number of ether oxygens (including phenoxy) is 2. The van der Waals surface area contributed by atoms with E-state index in [0.29, 0.717) is 0 Å². The molecular formula is C11H15N3O4. The SMILES string of the molecule is CC12Oc3nc(=N)ccn3[C@@H]1O[C@](C)(CO)[C@@H]2O. The zero-order valence-electron chi connectivity index (χ0n) is 10.1. The molecule has 1 saturated heterocycles. The van der Waals surface area contributed by atoms with E-state index in [0.717, 1.165) is 0 Å². The maximum atomic E-state index is 10.3. The molecule has 0 bridgehead atoms. The van der Waals surface area contributed by atoms with Crippen LogP contribution in [0.4, 0.5) is 0 Å². The lowest BCUT2D eigenvalue weighted by atomic mass is 9.89. The molecule has 7 heteroatoms. The first-order chi connectivity index (χ1) is 8.40. The van der Waals surface area contributed by atoms with Crippen LogP contribution in [-0.4, -0.2) is 43.7 Å². The van der Waals surface area contributed by atoms with Crippen LogP contribution in [0.25, 0.3) is 0 Å². The highest BCUT2D eigenvalue weighted by Crippen LogP contribution is 2.50. The van der Waals surface area contributed by atoms with Crippen molar-refractivity contribution in [2.75, 3.05) is 6.61 Å². The number of aliphatic hydroxyl groups is 2. The molecule has 2 aliphatic heterocycles. The third-order valence-corrected chi connectivity index (χ3v) is 3.70. The fourth-order valence-electron chi connectivity index (χ4n) is 2.60. The van der Waals surface area contributed by atoms with E-state index >= 15 is 0 Å².